The molecule has 0 radical (unpaired) electrons. The van der Waals surface area contributed by atoms with E-state index in [1.54, 1.807) is 12.5 Å². The predicted octanol–water partition coefficient (Wildman–Crippen LogP) is 2.27. The maximum atomic E-state index is 9.07. The number of rotatable bonds is 4. The van der Waals surface area contributed by atoms with Gasteiger partial charge in [-0.2, -0.15) is 0 Å². The largest absolute Gasteiger partial charge is 0.390 e. The minimum absolute atomic E-state index is 0.0164. The molecule has 2 aromatic rings. The van der Waals surface area contributed by atoms with Crippen molar-refractivity contribution in [3.63, 3.8) is 0 Å². The van der Waals surface area contributed by atoms with Crippen LogP contribution >= 0.6 is 11.6 Å². The van der Waals surface area contributed by atoms with Gasteiger partial charge in [-0.1, -0.05) is 29.8 Å². The van der Waals surface area contributed by atoms with Gasteiger partial charge in [0.25, 0.3) is 0 Å². The first-order valence-corrected chi connectivity index (χ1v) is 5.52. The van der Waals surface area contributed by atoms with Crippen molar-refractivity contribution >= 4 is 11.6 Å². The number of nitrogens with zero attached hydrogens (tertiary/aromatic N) is 2. The summed E-state index contributed by atoms with van der Waals surface area (Å²) in [6.07, 6.45) is 4.23. The molecule has 0 aliphatic rings. The fraction of sp³-hybridized carbons (Fsp3) is 0.250. The Morgan fingerprint density at radius 1 is 1.31 bits per heavy atom. The third-order valence-corrected chi connectivity index (χ3v) is 2.91. The number of hydrogen-bond acceptors (Lipinski definition) is 2. The molecule has 3 nitrogen and oxygen atoms in total. The number of aliphatic hydroxyl groups is 1. The summed E-state index contributed by atoms with van der Waals surface area (Å²) in [5.74, 6) is 0. The lowest BCUT2D eigenvalue weighted by Gasteiger charge is -2.07. The van der Waals surface area contributed by atoms with Gasteiger partial charge in [0.2, 0.25) is 0 Å². The highest BCUT2D eigenvalue weighted by Crippen LogP contribution is 2.16. The Morgan fingerprint density at radius 2 is 2.12 bits per heavy atom. The summed E-state index contributed by atoms with van der Waals surface area (Å²) in [5.41, 5.74) is 1.94. The van der Waals surface area contributed by atoms with E-state index in [-0.39, 0.29) is 6.61 Å². The minimum atomic E-state index is 0.0164. The zero-order valence-corrected chi connectivity index (χ0v) is 9.56. The van der Waals surface area contributed by atoms with E-state index in [4.69, 9.17) is 16.7 Å². The molecule has 0 bridgehead atoms. The molecule has 1 aromatic carbocycles. The van der Waals surface area contributed by atoms with Gasteiger partial charge in [-0.25, -0.2) is 4.98 Å². The molecule has 84 valence electrons. The quantitative estimate of drug-likeness (QED) is 0.885. The van der Waals surface area contributed by atoms with Gasteiger partial charge in [0, 0.05) is 11.6 Å². The molecule has 0 spiro atoms. The fourth-order valence-corrected chi connectivity index (χ4v) is 1.85. The summed E-state index contributed by atoms with van der Waals surface area (Å²) < 4.78 is 1.93. The van der Waals surface area contributed by atoms with Crippen molar-refractivity contribution in [1.29, 1.82) is 0 Å². The molecule has 4 heteroatoms. The number of aryl methyl sites for hydroxylation is 2. The van der Waals surface area contributed by atoms with Crippen LogP contribution in [0.15, 0.2) is 36.8 Å². The number of aliphatic hydroxyl groups excluding tert-OH is 1. The number of hydrogen-bond donors (Lipinski definition) is 1. The van der Waals surface area contributed by atoms with E-state index in [0.29, 0.717) is 0 Å². The van der Waals surface area contributed by atoms with Crippen molar-refractivity contribution in [2.75, 3.05) is 0 Å². The molecular weight excluding hydrogens is 224 g/mol. The molecule has 0 aliphatic heterocycles. The lowest BCUT2D eigenvalue weighted by atomic mass is 10.1. The molecule has 2 rings (SSSR count). The van der Waals surface area contributed by atoms with Crippen molar-refractivity contribution in [1.82, 2.24) is 9.55 Å². The van der Waals surface area contributed by atoms with Crippen LogP contribution in [0, 0.1) is 0 Å². The average Bonchev–Trinajstić information content (AvgIpc) is 2.75. The van der Waals surface area contributed by atoms with E-state index in [9.17, 15) is 0 Å². The van der Waals surface area contributed by atoms with Crippen LogP contribution in [-0.2, 0) is 19.6 Å². The van der Waals surface area contributed by atoms with Gasteiger partial charge in [-0.15, -0.1) is 0 Å². The van der Waals surface area contributed by atoms with E-state index in [0.717, 1.165) is 29.2 Å². The second-order valence-corrected chi connectivity index (χ2v) is 3.99. The zero-order chi connectivity index (χ0) is 11.4. The summed E-state index contributed by atoms with van der Waals surface area (Å²) in [6.45, 7) is 0.794. The number of benzene rings is 1. The van der Waals surface area contributed by atoms with Crippen LogP contribution in [0.25, 0.3) is 0 Å². The first kappa shape index (κ1) is 11.2. The van der Waals surface area contributed by atoms with Crippen LogP contribution in [0.4, 0.5) is 0 Å². The SMILES string of the molecule is OCc1cncn1CCc1ccccc1Cl. The van der Waals surface area contributed by atoms with Crippen molar-refractivity contribution in [2.45, 2.75) is 19.6 Å². The first-order valence-electron chi connectivity index (χ1n) is 5.14. The molecule has 1 heterocycles. The van der Waals surface area contributed by atoms with E-state index in [1.807, 2.05) is 28.8 Å². The van der Waals surface area contributed by atoms with Gasteiger partial charge in [-0.05, 0) is 18.1 Å². The highest BCUT2D eigenvalue weighted by molar-refractivity contribution is 6.31. The highest BCUT2D eigenvalue weighted by atomic mass is 35.5. The number of halogens is 1. The molecular formula is C12H13ClN2O. The summed E-state index contributed by atoms with van der Waals surface area (Å²) in [7, 11) is 0. The standard InChI is InChI=1S/C12H13ClN2O/c13-12-4-2-1-3-10(12)5-6-15-9-14-7-11(15)8-16/h1-4,7,9,16H,5-6,8H2. The van der Waals surface area contributed by atoms with Crippen LogP contribution in [0.5, 0.6) is 0 Å². The summed E-state index contributed by atoms with van der Waals surface area (Å²) >= 11 is 6.06. The Kier molecular flexibility index (Phi) is 3.59. The van der Waals surface area contributed by atoms with Gasteiger partial charge in [-0.3, -0.25) is 0 Å². The van der Waals surface area contributed by atoms with E-state index in [2.05, 4.69) is 4.98 Å². The van der Waals surface area contributed by atoms with Crippen LogP contribution in [0.2, 0.25) is 5.02 Å². The Morgan fingerprint density at radius 3 is 2.88 bits per heavy atom. The monoisotopic (exact) mass is 236 g/mol. The van der Waals surface area contributed by atoms with Gasteiger partial charge >= 0.3 is 0 Å². The maximum absolute atomic E-state index is 9.07. The summed E-state index contributed by atoms with van der Waals surface area (Å²) in [5, 5.41) is 9.86. The maximum Gasteiger partial charge on any atom is 0.0948 e. The van der Waals surface area contributed by atoms with Gasteiger partial charge < -0.3 is 9.67 Å². The van der Waals surface area contributed by atoms with Crippen molar-refractivity contribution < 1.29 is 5.11 Å². The topological polar surface area (TPSA) is 38.1 Å². The molecule has 1 N–H and O–H groups in total. The molecule has 0 unspecified atom stereocenters. The number of imidazole rings is 1. The van der Waals surface area contributed by atoms with E-state index in [1.165, 1.54) is 0 Å². The molecule has 0 fully saturated rings. The van der Waals surface area contributed by atoms with Crippen LogP contribution in [-0.4, -0.2) is 14.7 Å². The fourth-order valence-electron chi connectivity index (χ4n) is 1.62. The lowest BCUT2D eigenvalue weighted by molar-refractivity contribution is 0.270. The second-order valence-electron chi connectivity index (χ2n) is 3.58. The van der Waals surface area contributed by atoms with Crippen LogP contribution < -0.4 is 0 Å². The van der Waals surface area contributed by atoms with Gasteiger partial charge in [0.15, 0.2) is 0 Å². The Balaban J connectivity index is 2.05. The number of aromatic nitrogens is 2. The smallest absolute Gasteiger partial charge is 0.0948 e. The van der Waals surface area contributed by atoms with Crippen molar-refractivity contribution in [3.8, 4) is 0 Å². The van der Waals surface area contributed by atoms with Crippen molar-refractivity contribution in [2.24, 2.45) is 0 Å². The van der Waals surface area contributed by atoms with Gasteiger partial charge in [0.1, 0.15) is 0 Å². The summed E-state index contributed by atoms with van der Waals surface area (Å²) in [4.78, 5) is 4.00. The second kappa shape index (κ2) is 5.14. The normalized spacial score (nSPS) is 10.6. The molecule has 0 saturated carbocycles. The first-order chi connectivity index (χ1) is 7.81. The highest BCUT2D eigenvalue weighted by Gasteiger charge is 2.02. The van der Waals surface area contributed by atoms with Crippen LogP contribution in [0.1, 0.15) is 11.3 Å². The zero-order valence-electron chi connectivity index (χ0n) is 8.81. The molecule has 0 aliphatic carbocycles. The lowest BCUT2D eigenvalue weighted by Crippen LogP contribution is -2.04. The van der Waals surface area contributed by atoms with Crippen LogP contribution in [0.3, 0.4) is 0 Å². The molecule has 0 amide bonds. The Labute approximate surface area is 99.3 Å². The van der Waals surface area contributed by atoms with Crippen molar-refractivity contribution in [3.05, 3.63) is 53.1 Å². The predicted molar refractivity (Wildman–Crippen MR) is 63.3 cm³/mol. The Bertz CT molecular complexity index is 468. The van der Waals surface area contributed by atoms with E-state index < -0.39 is 0 Å². The Hall–Kier alpha value is -1.32. The third kappa shape index (κ3) is 2.43. The molecule has 0 saturated heterocycles. The van der Waals surface area contributed by atoms with E-state index >= 15 is 0 Å². The summed E-state index contributed by atoms with van der Waals surface area (Å²) in [6, 6.07) is 7.79. The average molecular weight is 237 g/mol. The molecule has 0 atom stereocenters. The third-order valence-electron chi connectivity index (χ3n) is 2.54. The van der Waals surface area contributed by atoms with Gasteiger partial charge in [0.05, 0.1) is 24.8 Å². The molecule has 16 heavy (non-hydrogen) atoms. The molecule has 1 aromatic heterocycles. The minimum Gasteiger partial charge on any atom is -0.390 e.